The fourth-order valence-electron chi connectivity index (χ4n) is 3.22. The van der Waals surface area contributed by atoms with E-state index >= 15 is 0 Å². The molecule has 0 N–H and O–H groups in total. The van der Waals surface area contributed by atoms with Gasteiger partial charge < -0.3 is 18.6 Å². The van der Waals surface area contributed by atoms with Crippen molar-refractivity contribution in [1.82, 2.24) is 0 Å². The lowest BCUT2D eigenvalue weighted by Crippen LogP contribution is -2.33. The van der Waals surface area contributed by atoms with Gasteiger partial charge in [0.25, 0.3) is 0 Å². The minimum absolute atomic E-state index is 0.0606. The third-order valence-electron chi connectivity index (χ3n) is 5.21. The van der Waals surface area contributed by atoms with Gasteiger partial charge in [-0.3, -0.25) is 0 Å². The Bertz CT molecular complexity index is 1370. The summed E-state index contributed by atoms with van der Waals surface area (Å²) in [5.41, 5.74) is -3.19. The molecule has 0 saturated heterocycles. The van der Waals surface area contributed by atoms with Crippen LogP contribution in [0.4, 0.5) is 26.3 Å². The van der Waals surface area contributed by atoms with E-state index in [0.717, 1.165) is 18.2 Å². The van der Waals surface area contributed by atoms with Crippen molar-refractivity contribution in [3.8, 4) is 22.6 Å². The highest BCUT2D eigenvalue weighted by Crippen LogP contribution is 2.39. The van der Waals surface area contributed by atoms with Crippen LogP contribution >= 0.6 is 0 Å². The number of rotatable bonds is 8. The lowest BCUT2D eigenvalue weighted by molar-refractivity contribution is -0.196. The number of halogens is 6. The molecule has 1 heterocycles. The second kappa shape index (κ2) is 10.6. The summed E-state index contributed by atoms with van der Waals surface area (Å²) in [5.74, 6) is -3.31. The second-order valence-electron chi connectivity index (χ2n) is 7.98. The molecule has 0 amide bonds. The van der Waals surface area contributed by atoms with Crippen molar-refractivity contribution in [3.05, 3.63) is 70.6 Å². The van der Waals surface area contributed by atoms with E-state index in [1.807, 2.05) is 0 Å². The van der Waals surface area contributed by atoms with Crippen molar-refractivity contribution in [2.45, 2.75) is 19.3 Å². The SMILES string of the molecule is C=C(C)C(=O)OCC(COc1ccc2cc(-c3ccc(OC)cc3C(F)(F)F)c(=O)oc2c1)C(F)(F)F. The van der Waals surface area contributed by atoms with Crippen LogP contribution in [-0.4, -0.2) is 32.5 Å². The van der Waals surface area contributed by atoms with Gasteiger partial charge in [-0.1, -0.05) is 6.58 Å². The van der Waals surface area contributed by atoms with Crippen LogP contribution < -0.4 is 15.1 Å². The Hall–Kier alpha value is -3.96. The zero-order valence-corrected chi connectivity index (χ0v) is 19.5. The lowest BCUT2D eigenvalue weighted by Gasteiger charge is -2.20. The molecule has 1 unspecified atom stereocenters. The quantitative estimate of drug-likeness (QED) is 0.150. The van der Waals surface area contributed by atoms with Gasteiger partial charge in [0, 0.05) is 22.6 Å². The van der Waals surface area contributed by atoms with E-state index in [9.17, 15) is 35.9 Å². The highest BCUT2D eigenvalue weighted by Gasteiger charge is 2.41. The molecule has 0 spiro atoms. The molecule has 37 heavy (non-hydrogen) atoms. The topological polar surface area (TPSA) is 75.0 Å². The molecule has 3 rings (SSSR count). The number of hydrogen-bond donors (Lipinski definition) is 0. The van der Waals surface area contributed by atoms with Gasteiger partial charge >= 0.3 is 23.9 Å². The van der Waals surface area contributed by atoms with Crippen molar-refractivity contribution >= 4 is 16.9 Å². The van der Waals surface area contributed by atoms with E-state index in [0.29, 0.717) is 0 Å². The molecule has 0 aliphatic heterocycles. The molecule has 6 nitrogen and oxygen atoms in total. The molecule has 3 aromatic rings. The molecule has 0 aliphatic carbocycles. The molecule has 2 aromatic carbocycles. The number of ether oxygens (including phenoxy) is 3. The maximum Gasteiger partial charge on any atom is 0.417 e. The van der Waals surface area contributed by atoms with Crippen LogP contribution in [0.3, 0.4) is 0 Å². The Morgan fingerprint density at radius 2 is 1.65 bits per heavy atom. The third kappa shape index (κ3) is 6.63. The predicted molar refractivity (Wildman–Crippen MR) is 120 cm³/mol. The number of carbonyl (C=O) groups is 1. The first kappa shape index (κ1) is 27.6. The Morgan fingerprint density at radius 1 is 0.973 bits per heavy atom. The van der Waals surface area contributed by atoms with Crippen molar-refractivity contribution in [1.29, 1.82) is 0 Å². The lowest BCUT2D eigenvalue weighted by atomic mass is 9.99. The zero-order valence-electron chi connectivity index (χ0n) is 19.5. The van der Waals surface area contributed by atoms with E-state index in [4.69, 9.17) is 13.9 Å². The van der Waals surface area contributed by atoms with E-state index in [-0.39, 0.29) is 33.6 Å². The molecule has 12 heteroatoms. The van der Waals surface area contributed by atoms with Crippen LogP contribution in [0.25, 0.3) is 22.1 Å². The van der Waals surface area contributed by atoms with Crippen LogP contribution in [0.15, 0.2) is 63.8 Å². The smallest absolute Gasteiger partial charge is 0.417 e. The van der Waals surface area contributed by atoms with Gasteiger partial charge in [0.1, 0.15) is 36.2 Å². The maximum absolute atomic E-state index is 13.6. The van der Waals surface area contributed by atoms with Crippen molar-refractivity contribution in [2.75, 3.05) is 20.3 Å². The summed E-state index contributed by atoms with van der Waals surface area (Å²) in [6, 6.07) is 7.98. The second-order valence-corrected chi connectivity index (χ2v) is 7.98. The number of carbonyl (C=O) groups excluding carboxylic acids is 1. The monoisotopic (exact) mass is 530 g/mol. The minimum Gasteiger partial charge on any atom is -0.497 e. The zero-order chi connectivity index (χ0) is 27.5. The number of esters is 1. The molecule has 0 radical (unpaired) electrons. The van der Waals surface area contributed by atoms with E-state index in [2.05, 4.69) is 11.3 Å². The fourth-order valence-corrected chi connectivity index (χ4v) is 3.22. The van der Waals surface area contributed by atoms with Gasteiger partial charge in [0.15, 0.2) is 0 Å². The first-order chi connectivity index (χ1) is 17.2. The van der Waals surface area contributed by atoms with Gasteiger partial charge in [-0.15, -0.1) is 0 Å². The molecular weight excluding hydrogens is 510 g/mol. The van der Waals surface area contributed by atoms with Crippen LogP contribution in [-0.2, 0) is 15.7 Å². The largest absolute Gasteiger partial charge is 0.497 e. The van der Waals surface area contributed by atoms with Crippen molar-refractivity contribution < 1.29 is 49.8 Å². The van der Waals surface area contributed by atoms with Gasteiger partial charge in [0.2, 0.25) is 0 Å². The Kier molecular flexibility index (Phi) is 7.89. The predicted octanol–water partition coefficient (Wildman–Crippen LogP) is 6.16. The van der Waals surface area contributed by atoms with Crippen LogP contribution in [0.5, 0.6) is 11.5 Å². The number of benzene rings is 2. The number of fused-ring (bicyclic) bond motifs is 1. The molecule has 1 atom stereocenters. The first-order valence-electron chi connectivity index (χ1n) is 10.6. The average Bonchev–Trinajstić information content (AvgIpc) is 2.81. The van der Waals surface area contributed by atoms with Gasteiger partial charge in [-0.25, -0.2) is 9.59 Å². The summed E-state index contributed by atoms with van der Waals surface area (Å²) in [5, 5.41) is 0.202. The van der Waals surface area contributed by atoms with Crippen molar-refractivity contribution in [2.24, 2.45) is 5.92 Å². The van der Waals surface area contributed by atoms with E-state index < -0.39 is 54.2 Å². The molecule has 1 aromatic heterocycles. The molecule has 0 aliphatic rings. The van der Waals surface area contributed by atoms with Crippen LogP contribution in [0.2, 0.25) is 0 Å². The normalized spacial score (nSPS) is 12.8. The molecule has 198 valence electrons. The highest BCUT2D eigenvalue weighted by atomic mass is 19.4. The van der Waals surface area contributed by atoms with Crippen LogP contribution in [0.1, 0.15) is 12.5 Å². The fraction of sp³-hybridized carbons (Fsp3) is 0.280. The Balaban J connectivity index is 1.89. The molecule has 0 bridgehead atoms. The van der Waals surface area contributed by atoms with Gasteiger partial charge in [-0.2, -0.15) is 26.3 Å². The van der Waals surface area contributed by atoms with Crippen LogP contribution in [0, 0.1) is 5.92 Å². The molecule has 0 fully saturated rings. The Labute approximate surface area is 206 Å². The molecule has 0 saturated carbocycles. The van der Waals surface area contributed by atoms with Gasteiger partial charge in [0.05, 0.1) is 18.2 Å². The summed E-state index contributed by atoms with van der Waals surface area (Å²) in [4.78, 5) is 24.0. The number of methoxy groups -OCH3 is 1. The highest BCUT2D eigenvalue weighted by molar-refractivity contribution is 5.87. The van der Waals surface area contributed by atoms with E-state index in [1.165, 1.54) is 38.3 Å². The van der Waals surface area contributed by atoms with Crippen molar-refractivity contribution in [3.63, 3.8) is 0 Å². The van der Waals surface area contributed by atoms with E-state index in [1.54, 1.807) is 0 Å². The Morgan fingerprint density at radius 3 is 2.24 bits per heavy atom. The number of alkyl halides is 6. The first-order valence-corrected chi connectivity index (χ1v) is 10.6. The third-order valence-corrected chi connectivity index (χ3v) is 5.21. The van der Waals surface area contributed by atoms with Gasteiger partial charge in [-0.05, 0) is 43.3 Å². The molecular formula is C25H20F6O6. The summed E-state index contributed by atoms with van der Waals surface area (Å²) < 4.78 is 100. The summed E-state index contributed by atoms with van der Waals surface area (Å²) >= 11 is 0. The average molecular weight is 530 g/mol. The standard InChI is InChI=1S/C25H20F6O6/c1-13(2)22(32)36-12-15(24(26,27)28)11-35-17-5-4-14-8-19(23(33)37-21(14)10-17)18-7-6-16(34-3)9-20(18)25(29,30)31/h4-10,15H,1,11-12H2,2-3H3. The summed E-state index contributed by atoms with van der Waals surface area (Å²) in [6.45, 7) is 2.67. The number of hydrogen-bond acceptors (Lipinski definition) is 6. The summed E-state index contributed by atoms with van der Waals surface area (Å²) in [7, 11) is 1.20. The summed E-state index contributed by atoms with van der Waals surface area (Å²) in [6.07, 6.45) is -9.54. The maximum atomic E-state index is 13.6. The minimum atomic E-state index is -4.79.